The Bertz CT molecular complexity index is 564. The van der Waals surface area contributed by atoms with Gasteiger partial charge < -0.3 is 0 Å². The first kappa shape index (κ1) is 13.4. The van der Waals surface area contributed by atoms with E-state index in [2.05, 4.69) is 38.9 Å². The Labute approximate surface area is 115 Å². The van der Waals surface area contributed by atoms with Gasteiger partial charge in [0.05, 0.1) is 17.1 Å². The zero-order chi connectivity index (χ0) is 13.1. The van der Waals surface area contributed by atoms with Crippen LogP contribution in [0.4, 0.5) is 0 Å². The van der Waals surface area contributed by atoms with Gasteiger partial charge in [-0.3, -0.25) is 15.1 Å². The van der Waals surface area contributed by atoms with Gasteiger partial charge in [0.25, 0.3) is 0 Å². The Morgan fingerprint density at radius 3 is 2.50 bits per heavy atom. The standard InChI is InChI=1S/C11H17N5S2/c1-4-16(5-2)6-8-12-7(3)9(18-8)10-13-11(17)15-14-10/h4-6H2,1-3H3,(H2,13,14,15,17). The zero-order valence-electron chi connectivity index (χ0n) is 10.8. The van der Waals surface area contributed by atoms with E-state index in [0.29, 0.717) is 4.77 Å². The zero-order valence-corrected chi connectivity index (χ0v) is 12.4. The minimum Gasteiger partial charge on any atom is -0.297 e. The molecule has 2 rings (SSSR count). The van der Waals surface area contributed by atoms with Crippen LogP contribution in [0.2, 0.25) is 0 Å². The Morgan fingerprint density at radius 2 is 1.94 bits per heavy atom. The topological polar surface area (TPSA) is 60.6 Å². The molecule has 0 spiro atoms. The van der Waals surface area contributed by atoms with E-state index < -0.39 is 0 Å². The predicted octanol–water partition coefficient (Wildman–Crippen LogP) is 2.74. The average molecular weight is 283 g/mol. The Morgan fingerprint density at radius 1 is 1.22 bits per heavy atom. The van der Waals surface area contributed by atoms with Crippen molar-refractivity contribution in [1.29, 1.82) is 0 Å². The molecule has 0 aliphatic carbocycles. The lowest BCUT2D eigenvalue weighted by Crippen LogP contribution is -2.21. The molecule has 0 radical (unpaired) electrons. The molecular formula is C11H17N5S2. The van der Waals surface area contributed by atoms with Crippen molar-refractivity contribution in [1.82, 2.24) is 25.1 Å². The van der Waals surface area contributed by atoms with E-state index in [1.165, 1.54) is 0 Å². The molecular weight excluding hydrogens is 266 g/mol. The summed E-state index contributed by atoms with van der Waals surface area (Å²) in [5.41, 5.74) is 1.000. The molecule has 0 atom stereocenters. The smallest absolute Gasteiger partial charge is 0.213 e. The molecule has 2 N–H and O–H groups in total. The maximum Gasteiger partial charge on any atom is 0.213 e. The molecule has 18 heavy (non-hydrogen) atoms. The van der Waals surface area contributed by atoms with E-state index in [0.717, 1.165) is 41.0 Å². The summed E-state index contributed by atoms with van der Waals surface area (Å²) in [5, 5.41) is 6.91. The first-order valence-electron chi connectivity index (χ1n) is 5.97. The second-order valence-corrected chi connectivity index (χ2v) is 5.47. The Balaban J connectivity index is 2.24. The van der Waals surface area contributed by atoms with Crippen molar-refractivity contribution >= 4 is 23.6 Å². The maximum absolute atomic E-state index is 4.97. The first-order valence-corrected chi connectivity index (χ1v) is 7.20. The van der Waals surface area contributed by atoms with Gasteiger partial charge in [0.15, 0.2) is 5.82 Å². The van der Waals surface area contributed by atoms with Crippen LogP contribution in [0.25, 0.3) is 10.7 Å². The number of rotatable bonds is 5. The molecule has 5 nitrogen and oxygen atoms in total. The van der Waals surface area contributed by atoms with Gasteiger partial charge in [-0.05, 0) is 32.2 Å². The molecule has 0 fully saturated rings. The van der Waals surface area contributed by atoms with Crippen LogP contribution in [0.3, 0.4) is 0 Å². The van der Waals surface area contributed by atoms with E-state index in [9.17, 15) is 0 Å². The highest BCUT2D eigenvalue weighted by molar-refractivity contribution is 7.71. The largest absolute Gasteiger partial charge is 0.297 e. The minimum absolute atomic E-state index is 0.475. The van der Waals surface area contributed by atoms with Crippen LogP contribution in [-0.4, -0.2) is 38.2 Å². The molecule has 2 aromatic rings. The van der Waals surface area contributed by atoms with Crippen molar-refractivity contribution in [3.63, 3.8) is 0 Å². The average Bonchev–Trinajstić information content (AvgIpc) is 2.92. The summed E-state index contributed by atoms with van der Waals surface area (Å²) >= 11 is 6.64. The summed E-state index contributed by atoms with van der Waals surface area (Å²) in [6.45, 7) is 9.29. The summed E-state index contributed by atoms with van der Waals surface area (Å²) in [4.78, 5) is 12.2. The molecule has 2 aromatic heterocycles. The molecule has 0 aliphatic rings. The van der Waals surface area contributed by atoms with Crippen molar-refractivity contribution in [3.05, 3.63) is 15.5 Å². The fourth-order valence-corrected chi connectivity index (χ4v) is 2.95. The highest BCUT2D eigenvalue weighted by atomic mass is 32.1. The minimum atomic E-state index is 0.475. The third-order valence-corrected chi connectivity index (χ3v) is 4.15. The van der Waals surface area contributed by atoms with Crippen LogP contribution < -0.4 is 0 Å². The fourth-order valence-electron chi connectivity index (χ4n) is 1.76. The van der Waals surface area contributed by atoms with Gasteiger partial charge in [0, 0.05) is 0 Å². The molecule has 0 saturated carbocycles. The van der Waals surface area contributed by atoms with Gasteiger partial charge in [-0.2, -0.15) is 4.98 Å². The number of H-pyrrole nitrogens is 2. The number of nitrogens with zero attached hydrogens (tertiary/aromatic N) is 3. The number of aryl methyl sites for hydroxylation is 1. The third kappa shape index (κ3) is 2.85. The monoisotopic (exact) mass is 283 g/mol. The van der Waals surface area contributed by atoms with Gasteiger partial charge in [-0.25, -0.2) is 4.98 Å². The van der Waals surface area contributed by atoms with E-state index in [4.69, 9.17) is 12.2 Å². The second kappa shape index (κ2) is 5.73. The van der Waals surface area contributed by atoms with Crippen molar-refractivity contribution in [3.8, 4) is 10.7 Å². The number of thiazole rings is 1. The van der Waals surface area contributed by atoms with Gasteiger partial charge in [0.2, 0.25) is 4.77 Å². The van der Waals surface area contributed by atoms with Crippen molar-refractivity contribution < 1.29 is 0 Å². The van der Waals surface area contributed by atoms with Crippen LogP contribution in [0.15, 0.2) is 0 Å². The van der Waals surface area contributed by atoms with Crippen LogP contribution >= 0.6 is 23.6 Å². The molecule has 0 aromatic carbocycles. The summed E-state index contributed by atoms with van der Waals surface area (Å²) in [6, 6.07) is 0. The van der Waals surface area contributed by atoms with Crippen molar-refractivity contribution in [2.24, 2.45) is 0 Å². The van der Waals surface area contributed by atoms with Crippen LogP contribution in [0.1, 0.15) is 24.5 Å². The number of hydrogen-bond acceptors (Lipinski definition) is 5. The summed E-state index contributed by atoms with van der Waals surface area (Å²) < 4.78 is 0.475. The number of aromatic nitrogens is 4. The lowest BCUT2D eigenvalue weighted by molar-refractivity contribution is 0.295. The summed E-state index contributed by atoms with van der Waals surface area (Å²) in [7, 11) is 0. The van der Waals surface area contributed by atoms with Gasteiger partial charge in [0.1, 0.15) is 5.01 Å². The van der Waals surface area contributed by atoms with Gasteiger partial charge >= 0.3 is 0 Å². The number of nitrogens with one attached hydrogen (secondary N) is 2. The van der Waals surface area contributed by atoms with Crippen molar-refractivity contribution in [2.75, 3.05) is 13.1 Å². The second-order valence-electron chi connectivity index (χ2n) is 4.00. The highest BCUT2D eigenvalue weighted by Gasteiger charge is 2.13. The molecule has 0 bridgehead atoms. The summed E-state index contributed by atoms with van der Waals surface area (Å²) in [6.07, 6.45) is 0. The van der Waals surface area contributed by atoms with Gasteiger partial charge in [-0.1, -0.05) is 13.8 Å². The molecule has 7 heteroatoms. The third-order valence-electron chi connectivity index (χ3n) is 2.81. The lowest BCUT2D eigenvalue weighted by atomic mass is 10.4. The van der Waals surface area contributed by atoms with Crippen LogP contribution in [0, 0.1) is 11.7 Å². The van der Waals surface area contributed by atoms with E-state index in [1.807, 2.05) is 6.92 Å². The van der Waals surface area contributed by atoms with Gasteiger partial charge in [-0.15, -0.1) is 11.3 Å². The summed E-state index contributed by atoms with van der Waals surface area (Å²) in [5.74, 6) is 0.779. The lowest BCUT2D eigenvalue weighted by Gasteiger charge is -2.15. The molecule has 0 unspecified atom stereocenters. The normalized spacial score (nSPS) is 11.3. The van der Waals surface area contributed by atoms with Crippen LogP contribution in [0.5, 0.6) is 0 Å². The Hall–Kier alpha value is -1.05. The van der Waals surface area contributed by atoms with Crippen LogP contribution in [-0.2, 0) is 6.54 Å². The molecule has 2 heterocycles. The molecule has 0 aliphatic heterocycles. The number of hydrogen-bond donors (Lipinski definition) is 2. The molecule has 0 amide bonds. The predicted molar refractivity (Wildman–Crippen MR) is 76.2 cm³/mol. The maximum atomic E-state index is 4.97. The fraction of sp³-hybridized carbons (Fsp3) is 0.545. The molecule has 0 saturated heterocycles. The van der Waals surface area contributed by atoms with Crippen molar-refractivity contribution in [2.45, 2.75) is 27.3 Å². The quantitative estimate of drug-likeness (QED) is 0.828. The highest BCUT2D eigenvalue weighted by Crippen LogP contribution is 2.27. The number of aromatic amines is 2. The first-order chi connectivity index (χ1) is 8.63. The Kier molecular flexibility index (Phi) is 4.26. The molecule has 98 valence electrons. The van der Waals surface area contributed by atoms with E-state index >= 15 is 0 Å². The van der Waals surface area contributed by atoms with E-state index in [-0.39, 0.29) is 0 Å². The van der Waals surface area contributed by atoms with E-state index in [1.54, 1.807) is 11.3 Å². The SMILES string of the molecule is CCN(CC)Cc1nc(C)c(-c2nc(=S)[nH][nH]2)s1.